The highest BCUT2D eigenvalue weighted by Gasteiger charge is 2.29. The Balaban J connectivity index is 1.53. The molecule has 2 heterocycles. The fraction of sp³-hybridized carbons (Fsp3) is 0.615. The van der Waals surface area contributed by atoms with Crippen LogP contribution in [-0.2, 0) is 26.2 Å². The SMILES string of the molecule is O=C(CN1CCCS1(=O)=O)NCCCOCc1ccco1. The predicted molar refractivity (Wildman–Crippen MR) is 76.0 cm³/mol. The molecule has 1 N–H and O–H groups in total. The molecule has 118 valence electrons. The Morgan fingerprint density at radius 2 is 2.33 bits per heavy atom. The van der Waals surface area contributed by atoms with Crippen molar-refractivity contribution in [2.75, 3.05) is 32.0 Å². The highest BCUT2D eigenvalue weighted by atomic mass is 32.2. The van der Waals surface area contributed by atoms with Gasteiger partial charge in [-0.2, -0.15) is 4.31 Å². The van der Waals surface area contributed by atoms with Gasteiger partial charge in [0.1, 0.15) is 12.4 Å². The highest BCUT2D eigenvalue weighted by molar-refractivity contribution is 7.89. The third kappa shape index (κ3) is 5.14. The van der Waals surface area contributed by atoms with E-state index in [2.05, 4.69) is 5.32 Å². The van der Waals surface area contributed by atoms with Crippen molar-refractivity contribution in [2.24, 2.45) is 0 Å². The molecule has 1 aromatic heterocycles. The topological polar surface area (TPSA) is 88.9 Å². The van der Waals surface area contributed by atoms with Gasteiger partial charge in [-0.1, -0.05) is 0 Å². The van der Waals surface area contributed by atoms with Crippen molar-refractivity contribution in [3.63, 3.8) is 0 Å². The summed E-state index contributed by atoms with van der Waals surface area (Å²) in [7, 11) is -3.21. The van der Waals surface area contributed by atoms with Crippen LogP contribution in [-0.4, -0.2) is 50.6 Å². The second kappa shape index (κ2) is 7.58. The van der Waals surface area contributed by atoms with Gasteiger partial charge in [-0.3, -0.25) is 4.79 Å². The Labute approximate surface area is 124 Å². The van der Waals surface area contributed by atoms with Crippen molar-refractivity contribution >= 4 is 15.9 Å². The van der Waals surface area contributed by atoms with E-state index in [1.807, 2.05) is 6.07 Å². The number of ether oxygens (including phenoxy) is 1. The molecule has 8 heteroatoms. The van der Waals surface area contributed by atoms with Crippen molar-refractivity contribution in [1.82, 2.24) is 9.62 Å². The lowest BCUT2D eigenvalue weighted by Crippen LogP contribution is -2.38. The predicted octanol–water partition coefficient (Wildman–Crippen LogP) is 0.338. The van der Waals surface area contributed by atoms with Gasteiger partial charge < -0.3 is 14.5 Å². The van der Waals surface area contributed by atoms with Crippen molar-refractivity contribution in [3.05, 3.63) is 24.2 Å². The second-order valence-electron chi connectivity index (χ2n) is 4.84. The molecule has 1 fully saturated rings. The molecule has 2 rings (SSSR count). The summed E-state index contributed by atoms with van der Waals surface area (Å²) in [6.07, 6.45) is 2.85. The molecule has 21 heavy (non-hydrogen) atoms. The Kier molecular flexibility index (Phi) is 5.77. The number of amides is 1. The maximum Gasteiger partial charge on any atom is 0.235 e. The number of hydrogen-bond acceptors (Lipinski definition) is 5. The smallest absolute Gasteiger partial charge is 0.235 e. The van der Waals surface area contributed by atoms with Crippen molar-refractivity contribution in [2.45, 2.75) is 19.4 Å². The van der Waals surface area contributed by atoms with E-state index < -0.39 is 10.0 Å². The Morgan fingerprint density at radius 1 is 1.48 bits per heavy atom. The van der Waals surface area contributed by atoms with E-state index in [0.717, 1.165) is 5.76 Å². The Morgan fingerprint density at radius 3 is 3.00 bits per heavy atom. The number of carbonyl (C=O) groups excluding carboxylic acids is 1. The van der Waals surface area contributed by atoms with E-state index >= 15 is 0 Å². The van der Waals surface area contributed by atoms with Crippen LogP contribution >= 0.6 is 0 Å². The van der Waals surface area contributed by atoms with E-state index in [4.69, 9.17) is 9.15 Å². The van der Waals surface area contributed by atoms with Gasteiger partial charge in [-0.15, -0.1) is 0 Å². The number of rotatable bonds is 8. The molecule has 0 spiro atoms. The van der Waals surface area contributed by atoms with Crippen molar-refractivity contribution in [1.29, 1.82) is 0 Å². The van der Waals surface area contributed by atoms with E-state index in [1.165, 1.54) is 4.31 Å². The maximum absolute atomic E-state index is 11.6. The van der Waals surface area contributed by atoms with Gasteiger partial charge in [0.15, 0.2) is 0 Å². The number of furan rings is 1. The molecule has 1 saturated heterocycles. The van der Waals surface area contributed by atoms with E-state index in [-0.39, 0.29) is 18.2 Å². The number of sulfonamides is 1. The summed E-state index contributed by atoms with van der Waals surface area (Å²) >= 11 is 0. The van der Waals surface area contributed by atoms with Crippen LogP contribution in [0.3, 0.4) is 0 Å². The van der Waals surface area contributed by atoms with Crippen LogP contribution in [0.5, 0.6) is 0 Å². The average molecular weight is 316 g/mol. The minimum Gasteiger partial charge on any atom is -0.467 e. The van der Waals surface area contributed by atoms with E-state index in [1.54, 1.807) is 12.3 Å². The first-order valence-electron chi connectivity index (χ1n) is 6.92. The van der Waals surface area contributed by atoms with Crippen LogP contribution in [0.1, 0.15) is 18.6 Å². The highest BCUT2D eigenvalue weighted by Crippen LogP contribution is 2.12. The lowest BCUT2D eigenvalue weighted by atomic mass is 10.4. The average Bonchev–Trinajstić information content (AvgIpc) is 3.04. The second-order valence-corrected chi connectivity index (χ2v) is 6.93. The number of nitrogens with zero attached hydrogens (tertiary/aromatic N) is 1. The summed E-state index contributed by atoms with van der Waals surface area (Å²) in [6, 6.07) is 3.63. The molecular weight excluding hydrogens is 296 g/mol. The minimum atomic E-state index is -3.21. The first-order chi connectivity index (χ1) is 10.1. The molecule has 0 atom stereocenters. The molecule has 0 unspecified atom stereocenters. The molecule has 0 aliphatic carbocycles. The largest absolute Gasteiger partial charge is 0.467 e. The van der Waals surface area contributed by atoms with E-state index in [9.17, 15) is 13.2 Å². The summed E-state index contributed by atoms with van der Waals surface area (Å²) < 4.78 is 34.8. The van der Waals surface area contributed by atoms with Crippen molar-refractivity contribution in [3.8, 4) is 0 Å². The zero-order chi connectivity index (χ0) is 15.1. The van der Waals surface area contributed by atoms with Crippen LogP contribution in [0.25, 0.3) is 0 Å². The first-order valence-corrected chi connectivity index (χ1v) is 8.53. The normalized spacial score (nSPS) is 17.9. The molecular formula is C13H20N2O5S. The van der Waals surface area contributed by atoms with Crippen LogP contribution < -0.4 is 5.32 Å². The molecule has 0 bridgehead atoms. The van der Waals surface area contributed by atoms with Gasteiger partial charge in [0.05, 0.1) is 18.6 Å². The third-order valence-corrected chi connectivity index (χ3v) is 5.04. The van der Waals surface area contributed by atoms with Gasteiger partial charge in [0, 0.05) is 19.7 Å². The van der Waals surface area contributed by atoms with E-state index in [0.29, 0.717) is 39.1 Å². The molecule has 0 aromatic carbocycles. The number of carbonyl (C=O) groups is 1. The fourth-order valence-electron chi connectivity index (χ4n) is 2.05. The Hall–Kier alpha value is -1.38. The maximum atomic E-state index is 11.6. The molecule has 1 aromatic rings. The summed E-state index contributed by atoms with van der Waals surface area (Å²) in [5.41, 5.74) is 0. The summed E-state index contributed by atoms with van der Waals surface area (Å²) in [4.78, 5) is 11.6. The Bertz CT molecular complexity index is 541. The zero-order valence-electron chi connectivity index (χ0n) is 11.8. The molecule has 1 amide bonds. The first kappa shape index (κ1) is 16.0. The van der Waals surface area contributed by atoms with Crippen LogP contribution in [0.4, 0.5) is 0 Å². The standard InChI is InChI=1S/C13H20N2O5S/c16-13(10-15-6-3-9-21(15,17)18)14-5-2-7-19-11-12-4-1-8-20-12/h1,4,8H,2-3,5-7,9-11H2,(H,14,16). The summed E-state index contributed by atoms with van der Waals surface area (Å²) in [5.74, 6) is 0.630. The molecule has 7 nitrogen and oxygen atoms in total. The van der Waals surface area contributed by atoms with Gasteiger partial charge >= 0.3 is 0 Å². The zero-order valence-corrected chi connectivity index (χ0v) is 12.6. The van der Waals surface area contributed by atoms with Gasteiger partial charge in [0.2, 0.25) is 15.9 Å². The molecule has 0 saturated carbocycles. The molecule has 1 aliphatic heterocycles. The van der Waals surface area contributed by atoms with Crippen LogP contribution in [0, 0.1) is 0 Å². The van der Waals surface area contributed by atoms with Gasteiger partial charge in [0.25, 0.3) is 0 Å². The van der Waals surface area contributed by atoms with Crippen LogP contribution in [0.2, 0.25) is 0 Å². The monoisotopic (exact) mass is 316 g/mol. The summed E-state index contributed by atoms with van der Waals surface area (Å²) in [5, 5.41) is 2.69. The lowest BCUT2D eigenvalue weighted by Gasteiger charge is -2.13. The fourth-order valence-corrected chi connectivity index (χ4v) is 3.53. The number of hydrogen-bond donors (Lipinski definition) is 1. The molecule has 1 aliphatic rings. The molecule has 0 radical (unpaired) electrons. The summed E-state index contributed by atoms with van der Waals surface area (Å²) in [6.45, 7) is 1.72. The number of nitrogens with one attached hydrogen (secondary N) is 1. The third-order valence-electron chi connectivity index (χ3n) is 3.14. The lowest BCUT2D eigenvalue weighted by molar-refractivity contribution is -0.121. The minimum absolute atomic E-state index is 0.0877. The quantitative estimate of drug-likeness (QED) is 0.699. The van der Waals surface area contributed by atoms with Gasteiger partial charge in [-0.25, -0.2) is 8.42 Å². The van der Waals surface area contributed by atoms with Crippen molar-refractivity contribution < 1.29 is 22.4 Å². The van der Waals surface area contributed by atoms with Gasteiger partial charge in [-0.05, 0) is 25.0 Å². The van der Waals surface area contributed by atoms with Crippen LogP contribution in [0.15, 0.2) is 22.8 Å².